The van der Waals surface area contributed by atoms with E-state index in [1.54, 1.807) is 0 Å². The number of hydrogen-bond donors (Lipinski definition) is 2. The molecule has 0 heterocycles. The summed E-state index contributed by atoms with van der Waals surface area (Å²) in [5, 5.41) is 2.88. The zero-order chi connectivity index (χ0) is 7.11. The highest BCUT2D eigenvalue weighted by molar-refractivity contribution is 5.91. The molecule has 0 aromatic heterocycles. The first-order chi connectivity index (χ1) is 4.31. The summed E-state index contributed by atoms with van der Waals surface area (Å²) in [5.74, 6) is 0.0133. The Kier molecular flexibility index (Phi) is 4.82. The van der Waals surface area contributed by atoms with Crippen molar-refractivity contribution in [2.75, 3.05) is 13.1 Å². The smallest absolute Gasteiger partial charge is 0.170 e. The quantitative estimate of drug-likeness (QED) is 0.508. The van der Waals surface area contributed by atoms with Gasteiger partial charge in [0.1, 0.15) is 0 Å². The van der Waals surface area contributed by atoms with E-state index in [1.807, 2.05) is 6.92 Å². The number of nitrogens with two attached hydrogens (primary N) is 1. The lowest BCUT2D eigenvalue weighted by atomic mass is 10.4. The molecule has 0 fully saturated rings. The lowest BCUT2D eigenvalue weighted by molar-refractivity contribution is -0.113. The Labute approximate surface area is 54.9 Å². The maximum Gasteiger partial charge on any atom is 0.170 e. The lowest BCUT2D eigenvalue weighted by Gasteiger charge is -1.93. The highest BCUT2D eigenvalue weighted by Crippen LogP contribution is 1.69. The molecule has 3 nitrogen and oxygen atoms in total. The molecule has 0 saturated heterocycles. The van der Waals surface area contributed by atoms with Crippen LogP contribution < -0.4 is 11.1 Å². The van der Waals surface area contributed by atoms with Crippen molar-refractivity contribution < 1.29 is 4.79 Å². The van der Waals surface area contributed by atoms with Crippen LogP contribution in [0.3, 0.4) is 0 Å². The minimum Gasteiger partial charge on any atom is -0.404 e. The van der Waals surface area contributed by atoms with E-state index in [9.17, 15) is 4.79 Å². The number of nitrogens with one attached hydrogen (secondary N) is 1. The highest BCUT2D eigenvalue weighted by Gasteiger charge is 1.90. The fourth-order valence-corrected chi connectivity index (χ4v) is 0.414. The molecule has 0 saturated carbocycles. The molecule has 52 valence electrons. The molecule has 0 aliphatic rings. The van der Waals surface area contributed by atoms with E-state index in [-0.39, 0.29) is 5.78 Å². The SMILES string of the molecule is CCNCC(=O)/C=C\N. The van der Waals surface area contributed by atoms with Crippen molar-refractivity contribution in [1.82, 2.24) is 5.32 Å². The Morgan fingerprint density at radius 2 is 2.44 bits per heavy atom. The summed E-state index contributed by atoms with van der Waals surface area (Å²) >= 11 is 0. The van der Waals surface area contributed by atoms with E-state index in [4.69, 9.17) is 5.73 Å². The summed E-state index contributed by atoms with van der Waals surface area (Å²) in [4.78, 5) is 10.6. The zero-order valence-electron chi connectivity index (χ0n) is 5.55. The summed E-state index contributed by atoms with van der Waals surface area (Å²) in [6.45, 7) is 3.13. The number of ketones is 1. The monoisotopic (exact) mass is 128 g/mol. The van der Waals surface area contributed by atoms with Crippen molar-refractivity contribution in [2.45, 2.75) is 6.92 Å². The highest BCUT2D eigenvalue weighted by atomic mass is 16.1. The maximum atomic E-state index is 10.6. The van der Waals surface area contributed by atoms with Gasteiger partial charge >= 0.3 is 0 Å². The summed E-state index contributed by atoms with van der Waals surface area (Å²) < 4.78 is 0. The molecule has 0 amide bonds. The predicted octanol–water partition coefficient (Wildman–Crippen LogP) is -0.363. The molecule has 0 rings (SSSR count). The first kappa shape index (κ1) is 8.17. The molecule has 0 atom stereocenters. The van der Waals surface area contributed by atoms with Crippen molar-refractivity contribution in [1.29, 1.82) is 0 Å². The van der Waals surface area contributed by atoms with Gasteiger partial charge in [0.05, 0.1) is 6.54 Å². The molecule has 0 radical (unpaired) electrons. The molecular weight excluding hydrogens is 116 g/mol. The third-order valence-corrected chi connectivity index (χ3v) is 0.831. The van der Waals surface area contributed by atoms with E-state index in [1.165, 1.54) is 12.3 Å². The Bertz CT molecular complexity index is 110. The van der Waals surface area contributed by atoms with Crippen molar-refractivity contribution in [3.8, 4) is 0 Å². The van der Waals surface area contributed by atoms with Gasteiger partial charge in [-0.25, -0.2) is 0 Å². The molecule has 0 aromatic carbocycles. The van der Waals surface area contributed by atoms with E-state index >= 15 is 0 Å². The van der Waals surface area contributed by atoms with Crippen molar-refractivity contribution in [3.05, 3.63) is 12.3 Å². The largest absolute Gasteiger partial charge is 0.404 e. The van der Waals surface area contributed by atoms with Gasteiger partial charge in [0.2, 0.25) is 0 Å². The fourth-order valence-electron chi connectivity index (χ4n) is 0.414. The van der Waals surface area contributed by atoms with Crippen LogP contribution in [0.25, 0.3) is 0 Å². The molecule has 3 heteroatoms. The van der Waals surface area contributed by atoms with Crippen LogP contribution in [0, 0.1) is 0 Å². The second-order valence-electron chi connectivity index (χ2n) is 1.61. The molecule has 0 aromatic rings. The molecule has 0 aliphatic heterocycles. The second-order valence-corrected chi connectivity index (χ2v) is 1.61. The minimum atomic E-state index is 0.0133. The zero-order valence-corrected chi connectivity index (χ0v) is 5.55. The normalized spacial score (nSPS) is 10.3. The van der Waals surface area contributed by atoms with Crippen LogP contribution in [-0.2, 0) is 4.79 Å². The third-order valence-electron chi connectivity index (χ3n) is 0.831. The first-order valence-electron chi connectivity index (χ1n) is 2.93. The van der Waals surface area contributed by atoms with Gasteiger partial charge in [0, 0.05) is 0 Å². The standard InChI is InChI=1S/C6H12N2O/c1-2-8-5-6(9)3-4-7/h3-4,8H,2,5,7H2,1H3/b4-3-. The van der Waals surface area contributed by atoms with Crippen LogP contribution >= 0.6 is 0 Å². The van der Waals surface area contributed by atoms with Gasteiger partial charge in [0.25, 0.3) is 0 Å². The van der Waals surface area contributed by atoms with Crippen LogP contribution in [-0.4, -0.2) is 18.9 Å². The van der Waals surface area contributed by atoms with Gasteiger partial charge in [-0.05, 0) is 18.8 Å². The van der Waals surface area contributed by atoms with E-state index in [0.29, 0.717) is 6.54 Å². The van der Waals surface area contributed by atoms with Crippen molar-refractivity contribution in [3.63, 3.8) is 0 Å². The third kappa shape index (κ3) is 5.03. The Balaban J connectivity index is 3.27. The summed E-state index contributed by atoms with van der Waals surface area (Å²) in [6, 6.07) is 0. The molecule has 0 bridgehead atoms. The Hall–Kier alpha value is -0.830. The molecule has 9 heavy (non-hydrogen) atoms. The predicted molar refractivity (Wildman–Crippen MR) is 36.9 cm³/mol. The van der Waals surface area contributed by atoms with Crippen LogP contribution in [0.1, 0.15) is 6.92 Å². The topological polar surface area (TPSA) is 55.1 Å². The van der Waals surface area contributed by atoms with Gasteiger partial charge in [-0.1, -0.05) is 6.92 Å². The molecule has 0 unspecified atom stereocenters. The summed E-state index contributed by atoms with van der Waals surface area (Å²) in [5.41, 5.74) is 4.97. The summed E-state index contributed by atoms with van der Waals surface area (Å²) in [6.07, 6.45) is 2.60. The Morgan fingerprint density at radius 1 is 1.78 bits per heavy atom. The van der Waals surface area contributed by atoms with E-state index in [0.717, 1.165) is 6.54 Å². The number of carbonyl (C=O) groups excluding carboxylic acids is 1. The van der Waals surface area contributed by atoms with Crippen molar-refractivity contribution >= 4 is 5.78 Å². The van der Waals surface area contributed by atoms with Crippen LogP contribution in [0.15, 0.2) is 12.3 Å². The average molecular weight is 128 g/mol. The van der Waals surface area contributed by atoms with Crippen LogP contribution in [0.2, 0.25) is 0 Å². The average Bonchev–Trinajstić information content (AvgIpc) is 1.85. The maximum absolute atomic E-state index is 10.6. The molecule has 3 N–H and O–H groups in total. The first-order valence-corrected chi connectivity index (χ1v) is 2.93. The van der Waals surface area contributed by atoms with Gasteiger partial charge in [-0.2, -0.15) is 0 Å². The van der Waals surface area contributed by atoms with Crippen LogP contribution in [0.4, 0.5) is 0 Å². The van der Waals surface area contributed by atoms with E-state index in [2.05, 4.69) is 5.32 Å². The summed E-state index contributed by atoms with van der Waals surface area (Å²) in [7, 11) is 0. The van der Waals surface area contributed by atoms with Crippen LogP contribution in [0.5, 0.6) is 0 Å². The molecule has 0 aliphatic carbocycles. The molecular formula is C6H12N2O. The van der Waals surface area contributed by atoms with Gasteiger partial charge in [-0.15, -0.1) is 0 Å². The van der Waals surface area contributed by atoms with Gasteiger partial charge < -0.3 is 11.1 Å². The number of carbonyl (C=O) groups is 1. The van der Waals surface area contributed by atoms with Gasteiger partial charge in [0.15, 0.2) is 5.78 Å². The number of likely N-dealkylation sites (N-methyl/N-ethyl adjacent to an activating group) is 1. The fraction of sp³-hybridized carbons (Fsp3) is 0.500. The number of rotatable bonds is 4. The lowest BCUT2D eigenvalue weighted by Crippen LogP contribution is -2.20. The molecule has 0 spiro atoms. The number of hydrogen-bond acceptors (Lipinski definition) is 3. The second kappa shape index (κ2) is 5.31. The van der Waals surface area contributed by atoms with Gasteiger partial charge in [-0.3, -0.25) is 4.79 Å². The van der Waals surface area contributed by atoms with Crippen molar-refractivity contribution in [2.24, 2.45) is 5.73 Å². The van der Waals surface area contributed by atoms with E-state index < -0.39 is 0 Å². The minimum absolute atomic E-state index is 0.0133. The Morgan fingerprint density at radius 3 is 2.89 bits per heavy atom.